The molecule has 0 spiro atoms. The number of hydrogen-bond acceptors (Lipinski definition) is 1. The Morgan fingerprint density at radius 1 is 0.304 bits per heavy atom. The van der Waals surface area contributed by atoms with E-state index in [1.807, 2.05) is 0 Å². The zero-order valence-electron chi connectivity index (χ0n) is 30.7. The second kappa shape index (κ2) is 13.2. The average molecular weight is 713 g/mol. The molecule has 11 rings (SSSR count). The molecule has 0 saturated carbocycles. The van der Waals surface area contributed by atoms with Gasteiger partial charge >= 0.3 is 0 Å². The van der Waals surface area contributed by atoms with E-state index in [9.17, 15) is 0 Å². The Hall–Kier alpha value is -7.42. The first-order chi connectivity index (χ1) is 27.8. The van der Waals surface area contributed by atoms with Crippen LogP contribution in [0.15, 0.2) is 218 Å². The third-order valence-corrected chi connectivity index (χ3v) is 11.4. The van der Waals surface area contributed by atoms with Gasteiger partial charge in [0.2, 0.25) is 0 Å². The minimum Gasteiger partial charge on any atom is -0.310 e. The second-order valence-corrected chi connectivity index (χ2v) is 14.5. The summed E-state index contributed by atoms with van der Waals surface area (Å²) < 4.78 is 2.43. The largest absolute Gasteiger partial charge is 0.310 e. The predicted octanol–water partition coefficient (Wildman–Crippen LogP) is 15.0. The van der Waals surface area contributed by atoms with Crippen LogP contribution in [0.5, 0.6) is 0 Å². The first kappa shape index (κ1) is 32.0. The molecule has 2 nitrogen and oxygen atoms in total. The zero-order valence-corrected chi connectivity index (χ0v) is 30.7. The standard InChI is InChI=1S/C54H36N2/c1-2-12-37(13-3-1)38-26-31-44(32-27-38)55(53-23-11-17-42-25-24-41-15-5-7-19-47(41)54(42)53)45-33-28-39(29-34-45)43-30-35-52-49(36-43)48-20-8-9-21-51(48)56(52)50-22-10-16-40-14-4-6-18-46(40)50/h1-36H. The second-order valence-electron chi connectivity index (χ2n) is 14.5. The lowest BCUT2D eigenvalue weighted by Crippen LogP contribution is -2.10. The highest BCUT2D eigenvalue weighted by Gasteiger charge is 2.19. The van der Waals surface area contributed by atoms with Gasteiger partial charge < -0.3 is 9.47 Å². The van der Waals surface area contributed by atoms with E-state index in [-0.39, 0.29) is 0 Å². The number of nitrogens with zero attached hydrogens (tertiary/aromatic N) is 2. The van der Waals surface area contributed by atoms with Crippen LogP contribution >= 0.6 is 0 Å². The summed E-state index contributed by atoms with van der Waals surface area (Å²) in [5.74, 6) is 0. The maximum atomic E-state index is 2.43. The SMILES string of the molecule is c1ccc(-c2ccc(N(c3ccc(-c4ccc5c(c4)c4ccccc4n5-c4cccc5ccccc45)cc3)c3cccc4ccc5ccccc5c34)cc2)cc1. The van der Waals surface area contributed by atoms with Crippen molar-refractivity contribution in [3.8, 4) is 27.9 Å². The lowest BCUT2D eigenvalue weighted by atomic mass is 9.98. The van der Waals surface area contributed by atoms with Crippen molar-refractivity contribution in [1.82, 2.24) is 4.57 Å². The van der Waals surface area contributed by atoms with Crippen LogP contribution in [0, 0.1) is 0 Å². The maximum Gasteiger partial charge on any atom is 0.0546 e. The van der Waals surface area contributed by atoms with Crippen LogP contribution in [-0.2, 0) is 0 Å². The topological polar surface area (TPSA) is 8.17 Å². The number of rotatable bonds is 6. The Morgan fingerprint density at radius 3 is 1.59 bits per heavy atom. The van der Waals surface area contributed by atoms with Crippen molar-refractivity contribution < 1.29 is 0 Å². The third kappa shape index (κ3) is 5.26. The monoisotopic (exact) mass is 712 g/mol. The Kier molecular flexibility index (Phi) is 7.53. The van der Waals surface area contributed by atoms with Crippen LogP contribution in [0.4, 0.5) is 17.1 Å². The first-order valence-corrected chi connectivity index (χ1v) is 19.3. The van der Waals surface area contributed by atoms with Gasteiger partial charge in [0.1, 0.15) is 0 Å². The summed E-state index contributed by atoms with van der Waals surface area (Å²) >= 11 is 0. The lowest BCUT2D eigenvalue weighted by molar-refractivity contribution is 1.20. The molecule has 0 radical (unpaired) electrons. The van der Waals surface area contributed by atoms with Gasteiger partial charge in [-0.2, -0.15) is 0 Å². The van der Waals surface area contributed by atoms with E-state index >= 15 is 0 Å². The van der Waals surface area contributed by atoms with Gasteiger partial charge in [-0.25, -0.2) is 0 Å². The molecule has 2 heteroatoms. The van der Waals surface area contributed by atoms with E-state index < -0.39 is 0 Å². The Labute approximate surface area is 325 Å². The van der Waals surface area contributed by atoms with Crippen molar-refractivity contribution in [3.05, 3.63) is 218 Å². The van der Waals surface area contributed by atoms with Gasteiger partial charge in [-0.15, -0.1) is 0 Å². The smallest absolute Gasteiger partial charge is 0.0546 e. The molecule has 0 fully saturated rings. The van der Waals surface area contributed by atoms with Crippen molar-refractivity contribution in [3.63, 3.8) is 0 Å². The van der Waals surface area contributed by atoms with E-state index in [0.29, 0.717) is 0 Å². The van der Waals surface area contributed by atoms with E-state index in [2.05, 4.69) is 228 Å². The van der Waals surface area contributed by atoms with Crippen LogP contribution in [0.25, 0.3) is 82.1 Å². The molecule has 56 heavy (non-hydrogen) atoms. The predicted molar refractivity (Wildman–Crippen MR) is 239 cm³/mol. The van der Waals surface area contributed by atoms with Crippen molar-refractivity contribution in [1.29, 1.82) is 0 Å². The maximum absolute atomic E-state index is 2.43. The van der Waals surface area contributed by atoms with Gasteiger partial charge in [-0.1, -0.05) is 164 Å². The number of benzene rings is 10. The highest BCUT2D eigenvalue weighted by Crippen LogP contribution is 2.43. The van der Waals surface area contributed by atoms with E-state index in [1.165, 1.54) is 82.1 Å². The molecule has 0 aliphatic heterocycles. The quantitative estimate of drug-likeness (QED) is 0.156. The summed E-state index contributed by atoms with van der Waals surface area (Å²) in [6.07, 6.45) is 0. The molecule has 262 valence electrons. The van der Waals surface area contributed by atoms with Crippen LogP contribution < -0.4 is 4.90 Å². The Balaban J connectivity index is 1.05. The lowest BCUT2D eigenvalue weighted by Gasteiger charge is -2.28. The summed E-state index contributed by atoms with van der Waals surface area (Å²) in [6.45, 7) is 0. The molecule has 1 heterocycles. The Bertz CT molecular complexity index is 3220. The van der Waals surface area contributed by atoms with Gasteiger partial charge in [0.15, 0.2) is 0 Å². The highest BCUT2D eigenvalue weighted by atomic mass is 15.1. The van der Waals surface area contributed by atoms with E-state index in [1.54, 1.807) is 0 Å². The van der Waals surface area contributed by atoms with Crippen LogP contribution in [0.1, 0.15) is 0 Å². The molecule has 11 aromatic rings. The molecular weight excluding hydrogens is 677 g/mol. The summed E-state index contributed by atoms with van der Waals surface area (Å²) in [7, 11) is 0. The van der Waals surface area contributed by atoms with Crippen LogP contribution in [-0.4, -0.2) is 4.57 Å². The number of hydrogen-bond donors (Lipinski definition) is 0. The van der Waals surface area contributed by atoms with Crippen molar-refractivity contribution >= 4 is 71.2 Å². The molecule has 0 N–H and O–H groups in total. The summed E-state index contributed by atoms with van der Waals surface area (Å²) in [5.41, 5.74) is 11.8. The molecule has 0 bridgehead atoms. The average Bonchev–Trinajstić information content (AvgIpc) is 3.60. The molecular formula is C54H36N2. The molecule has 0 amide bonds. The van der Waals surface area contributed by atoms with E-state index in [4.69, 9.17) is 0 Å². The fourth-order valence-corrected chi connectivity index (χ4v) is 8.70. The van der Waals surface area contributed by atoms with Crippen LogP contribution in [0.3, 0.4) is 0 Å². The Morgan fingerprint density at radius 2 is 0.821 bits per heavy atom. The van der Waals surface area contributed by atoms with Gasteiger partial charge in [-0.3, -0.25) is 0 Å². The van der Waals surface area contributed by atoms with Crippen molar-refractivity contribution in [2.45, 2.75) is 0 Å². The third-order valence-electron chi connectivity index (χ3n) is 11.4. The van der Waals surface area contributed by atoms with Gasteiger partial charge in [0, 0.05) is 32.9 Å². The molecule has 0 unspecified atom stereocenters. The molecule has 10 aromatic carbocycles. The summed E-state index contributed by atoms with van der Waals surface area (Å²) in [5, 5.41) is 9.94. The van der Waals surface area contributed by atoms with Gasteiger partial charge in [0.05, 0.1) is 22.4 Å². The molecule has 0 saturated heterocycles. The molecule has 0 aliphatic carbocycles. The fourth-order valence-electron chi connectivity index (χ4n) is 8.70. The number of fused-ring (bicyclic) bond motifs is 7. The fraction of sp³-hybridized carbons (Fsp3) is 0. The summed E-state index contributed by atoms with van der Waals surface area (Å²) in [4.78, 5) is 2.41. The minimum absolute atomic E-state index is 1.11. The van der Waals surface area contributed by atoms with Crippen LogP contribution in [0.2, 0.25) is 0 Å². The molecule has 0 atom stereocenters. The van der Waals surface area contributed by atoms with Gasteiger partial charge in [-0.05, 0) is 98.4 Å². The van der Waals surface area contributed by atoms with Gasteiger partial charge in [0.25, 0.3) is 0 Å². The number of para-hydroxylation sites is 1. The molecule has 1 aromatic heterocycles. The zero-order chi connectivity index (χ0) is 37.0. The number of anilines is 3. The van der Waals surface area contributed by atoms with Crippen molar-refractivity contribution in [2.24, 2.45) is 0 Å². The number of aromatic nitrogens is 1. The van der Waals surface area contributed by atoms with E-state index in [0.717, 1.165) is 17.1 Å². The minimum atomic E-state index is 1.11. The summed E-state index contributed by atoms with van der Waals surface area (Å²) in [6, 6.07) is 79.5. The molecule has 0 aliphatic rings. The van der Waals surface area contributed by atoms with Crippen molar-refractivity contribution in [2.75, 3.05) is 4.90 Å². The first-order valence-electron chi connectivity index (χ1n) is 19.3. The highest BCUT2D eigenvalue weighted by molar-refractivity contribution is 6.15. The normalized spacial score (nSPS) is 11.6.